The molecule has 0 unspecified atom stereocenters. The normalized spacial score (nSPS) is 19.9. The third-order valence-corrected chi connectivity index (χ3v) is 5.23. The van der Waals surface area contributed by atoms with Crippen molar-refractivity contribution >= 4 is 17.5 Å². The van der Waals surface area contributed by atoms with Crippen LogP contribution in [-0.4, -0.2) is 51.7 Å². The summed E-state index contributed by atoms with van der Waals surface area (Å²) in [5.41, 5.74) is 1.40. The highest BCUT2D eigenvalue weighted by atomic mass is 16.5. The van der Waals surface area contributed by atoms with Gasteiger partial charge in [0, 0.05) is 43.3 Å². The second-order valence-electron chi connectivity index (χ2n) is 7.06. The number of hydrogen-bond donors (Lipinski definition) is 2. The van der Waals surface area contributed by atoms with Crippen molar-refractivity contribution in [3.05, 3.63) is 29.8 Å². The van der Waals surface area contributed by atoms with Crippen molar-refractivity contribution in [1.82, 2.24) is 10.6 Å². The van der Waals surface area contributed by atoms with E-state index in [4.69, 9.17) is 4.74 Å². The Kier molecular flexibility index (Phi) is 5.71. The summed E-state index contributed by atoms with van der Waals surface area (Å²) in [6.07, 6.45) is 3.44. The summed E-state index contributed by atoms with van der Waals surface area (Å²) in [6, 6.07) is 7.33. The number of hydrogen-bond acceptors (Lipinski definition) is 4. The van der Waals surface area contributed by atoms with Gasteiger partial charge < -0.3 is 20.3 Å². The molecule has 6 nitrogen and oxygen atoms in total. The fourth-order valence-electron chi connectivity index (χ4n) is 3.74. The molecule has 1 aromatic carbocycles. The minimum Gasteiger partial charge on any atom is -0.384 e. The topological polar surface area (TPSA) is 70.7 Å². The predicted octanol–water partition coefficient (Wildman–Crippen LogP) is 1.56. The lowest BCUT2D eigenvalue weighted by atomic mass is 9.79. The molecule has 0 spiro atoms. The third-order valence-electron chi connectivity index (χ3n) is 5.23. The van der Waals surface area contributed by atoms with Crippen LogP contribution in [0.3, 0.4) is 0 Å². The molecule has 2 aliphatic rings. The minimum absolute atomic E-state index is 0.00180. The van der Waals surface area contributed by atoms with Crippen LogP contribution in [0.4, 0.5) is 5.69 Å². The van der Waals surface area contributed by atoms with E-state index in [9.17, 15) is 9.59 Å². The molecule has 3 rings (SSSR count). The number of rotatable bonds is 6. The first kappa shape index (κ1) is 17.9. The zero-order chi connectivity index (χ0) is 17.7. The first-order chi connectivity index (χ1) is 12.1. The molecule has 0 aromatic heterocycles. The Bertz CT molecular complexity index is 621. The van der Waals surface area contributed by atoms with Gasteiger partial charge >= 0.3 is 0 Å². The second kappa shape index (κ2) is 7.97. The fraction of sp³-hybridized carbons (Fsp3) is 0.579. The molecular weight excluding hydrogens is 318 g/mol. The number of ether oxygens (including phenoxy) is 1. The monoisotopic (exact) mass is 345 g/mol. The van der Waals surface area contributed by atoms with Gasteiger partial charge in [-0.05, 0) is 50.6 Å². The molecule has 0 saturated carbocycles. The van der Waals surface area contributed by atoms with Gasteiger partial charge in [-0.1, -0.05) is 6.07 Å². The van der Waals surface area contributed by atoms with Crippen molar-refractivity contribution in [2.75, 3.05) is 44.8 Å². The zero-order valence-corrected chi connectivity index (χ0v) is 14.8. The van der Waals surface area contributed by atoms with E-state index in [-0.39, 0.29) is 17.2 Å². The van der Waals surface area contributed by atoms with Gasteiger partial charge in [0.1, 0.15) is 0 Å². The quantitative estimate of drug-likeness (QED) is 0.821. The Labute approximate surface area is 148 Å². The van der Waals surface area contributed by atoms with Crippen molar-refractivity contribution < 1.29 is 14.3 Å². The summed E-state index contributed by atoms with van der Waals surface area (Å²) >= 11 is 0. The number of anilines is 1. The standard InChI is InChI=1S/C19H27N3O3/c1-25-14-19(7-9-20-10-8-19)13-21-18(24)15-4-2-5-16(12-15)22-11-3-6-17(22)23/h2,4-5,12,20H,3,6-11,13-14H2,1H3,(H,21,24). The molecule has 0 atom stereocenters. The molecule has 2 fully saturated rings. The van der Waals surface area contributed by atoms with Crippen LogP contribution >= 0.6 is 0 Å². The van der Waals surface area contributed by atoms with E-state index in [0.29, 0.717) is 25.1 Å². The molecule has 2 saturated heterocycles. The molecule has 2 aliphatic heterocycles. The smallest absolute Gasteiger partial charge is 0.251 e. The Morgan fingerprint density at radius 3 is 2.84 bits per heavy atom. The Balaban J connectivity index is 1.65. The number of carbonyl (C=O) groups excluding carboxylic acids is 2. The molecule has 0 radical (unpaired) electrons. The molecule has 0 aliphatic carbocycles. The van der Waals surface area contributed by atoms with Crippen LogP contribution in [0, 0.1) is 5.41 Å². The van der Waals surface area contributed by atoms with Crippen LogP contribution in [0.25, 0.3) is 0 Å². The number of benzene rings is 1. The van der Waals surface area contributed by atoms with Gasteiger partial charge in [-0.2, -0.15) is 0 Å². The van der Waals surface area contributed by atoms with Gasteiger partial charge in [-0.15, -0.1) is 0 Å². The largest absolute Gasteiger partial charge is 0.384 e. The molecule has 25 heavy (non-hydrogen) atoms. The van der Waals surface area contributed by atoms with Gasteiger partial charge in [0.25, 0.3) is 5.91 Å². The Morgan fingerprint density at radius 2 is 2.16 bits per heavy atom. The van der Waals surface area contributed by atoms with Crippen LogP contribution in [0.5, 0.6) is 0 Å². The number of nitrogens with one attached hydrogen (secondary N) is 2. The number of carbonyl (C=O) groups is 2. The average Bonchev–Trinajstić information content (AvgIpc) is 3.07. The van der Waals surface area contributed by atoms with Crippen LogP contribution in [0.1, 0.15) is 36.0 Å². The van der Waals surface area contributed by atoms with Gasteiger partial charge in [0.15, 0.2) is 0 Å². The van der Waals surface area contributed by atoms with E-state index in [0.717, 1.165) is 44.6 Å². The van der Waals surface area contributed by atoms with E-state index in [1.165, 1.54) is 0 Å². The van der Waals surface area contributed by atoms with Crippen LogP contribution < -0.4 is 15.5 Å². The zero-order valence-electron chi connectivity index (χ0n) is 14.8. The number of methoxy groups -OCH3 is 1. The van der Waals surface area contributed by atoms with Crippen LogP contribution in [-0.2, 0) is 9.53 Å². The molecule has 136 valence electrons. The highest BCUT2D eigenvalue weighted by Crippen LogP contribution is 2.28. The summed E-state index contributed by atoms with van der Waals surface area (Å²) in [7, 11) is 1.71. The maximum Gasteiger partial charge on any atom is 0.251 e. The first-order valence-electron chi connectivity index (χ1n) is 9.02. The average molecular weight is 345 g/mol. The maximum absolute atomic E-state index is 12.6. The molecular formula is C19H27N3O3. The van der Waals surface area contributed by atoms with Gasteiger partial charge in [-0.3, -0.25) is 9.59 Å². The van der Waals surface area contributed by atoms with Crippen molar-refractivity contribution in [1.29, 1.82) is 0 Å². The van der Waals surface area contributed by atoms with Gasteiger partial charge in [0.2, 0.25) is 5.91 Å². The summed E-state index contributed by atoms with van der Waals surface area (Å²) < 4.78 is 5.40. The number of piperidine rings is 1. The summed E-state index contributed by atoms with van der Waals surface area (Å²) in [6.45, 7) is 3.89. The van der Waals surface area contributed by atoms with Crippen molar-refractivity contribution in [2.24, 2.45) is 5.41 Å². The second-order valence-corrected chi connectivity index (χ2v) is 7.06. The van der Waals surface area contributed by atoms with Gasteiger partial charge in [0.05, 0.1) is 6.61 Å². The van der Waals surface area contributed by atoms with Crippen molar-refractivity contribution in [2.45, 2.75) is 25.7 Å². The lowest BCUT2D eigenvalue weighted by molar-refractivity contribution is -0.117. The molecule has 0 bridgehead atoms. The van der Waals surface area contributed by atoms with E-state index in [1.54, 1.807) is 18.1 Å². The minimum atomic E-state index is -0.0949. The van der Waals surface area contributed by atoms with E-state index in [2.05, 4.69) is 10.6 Å². The van der Waals surface area contributed by atoms with E-state index >= 15 is 0 Å². The molecule has 2 N–H and O–H groups in total. The van der Waals surface area contributed by atoms with Crippen LogP contribution in [0.2, 0.25) is 0 Å². The summed E-state index contributed by atoms with van der Waals surface area (Å²) in [5, 5.41) is 6.43. The van der Waals surface area contributed by atoms with E-state index < -0.39 is 0 Å². The SMILES string of the molecule is COCC1(CNC(=O)c2cccc(N3CCCC3=O)c2)CCNCC1. The predicted molar refractivity (Wildman–Crippen MR) is 96.8 cm³/mol. The lowest BCUT2D eigenvalue weighted by Gasteiger charge is -2.37. The van der Waals surface area contributed by atoms with Crippen LogP contribution in [0.15, 0.2) is 24.3 Å². The third kappa shape index (κ3) is 4.19. The van der Waals surface area contributed by atoms with Crippen molar-refractivity contribution in [3.8, 4) is 0 Å². The molecule has 1 aromatic rings. The summed E-state index contributed by atoms with van der Waals surface area (Å²) in [4.78, 5) is 26.3. The molecule has 2 heterocycles. The number of nitrogens with zero attached hydrogens (tertiary/aromatic N) is 1. The maximum atomic E-state index is 12.6. The fourth-order valence-corrected chi connectivity index (χ4v) is 3.74. The highest BCUT2D eigenvalue weighted by Gasteiger charge is 2.32. The highest BCUT2D eigenvalue weighted by molar-refractivity contribution is 5.99. The van der Waals surface area contributed by atoms with Crippen molar-refractivity contribution in [3.63, 3.8) is 0 Å². The van der Waals surface area contributed by atoms with Gasteiger partial charge in [-0.25, -0.2) is 0 Å². The van der Waals surface area contributed by atoms with E-state index in [1.807, 2.05) is 18.2 Å². The summed E-state index contributed by atoms with van der Waals surface area (Å²) in [5.74, 6) is 0.0359. The lowest BCUT2D eigenvalue weighted by Crippen LogP contribution is -2.47. The molecule has 6 heteroatoms. The first-order valence-corrected chi connectivity index (χ1v) is 9.02. The number of amides is 2. The molecule has 2 amide bonds. The Morgan fingerprint density at radius 1 is 1.36 bits per heavy atom. The Hall–Kier alpha value is -1.92.